The molecule has 1 aromatic rings. The van der Waals surface area contributed by atoms with E-state index in [-0.39, 0.29) is 11.7 Å². The molecule has 1 aromatic carbocycles. The van der Waals surface area contributed by atoms with E-state index in [9.17, 15) is 5.11 Å². The van der Waals surface area contributed by atoms with Gasteiger partial charge in [-0.2, -0.15) is 0 Å². The first-order valence-electron chi connectivity index (χ1n) is 7.35. The highest BCUT2D eigenvalue weighted by atomic mass is 16.5. The number of benzene rings is 1. The lowest BCUT2D eigenvalue weighted by atomic mass is 9.63. The average molecular weight is 260 g/mol. The van der Waals surface area contributed by atoms with Gasteiger partial charge in [0.1, 0.15) is 11.4 Å². The molecule has 1 spiro atoms. The first-order valence-corrected chi connectivity index (χ1v) is 7.35. The standard InChI is InChI=1S/C17H24O2/c1-12-8-16(2,3)11-17(9-12)10-14(18)13-6-4-5-7-15(13)19-17/h4-7,12,14,18H,8-11H2,1-3H3/t12?,14-,17?/m0/s1. The van der Waals surface area contributed by atoms with E-state index < -0.39 is 0 Å². The molecule has 1 aliphatic carbocycles. The van der Waals surface area contributed by atoms with Crippen LogP contribution in [0.2, 0.25) is 0 Å². The lowest BCUT2D eigenvalue weighted by Gasteiger charge is -2.50. The molecule has 1 N–H and O–H groups in total. The summed E-state index contributed by atoms with van der Waals surface area (Å²) < 4.78 is 6.38. The third kappa shape index (κ3) is 2.38. The van der Waals surface area contributed by atoms with Crippen LogP contribution in [0.4, 0.5) is 0 Å². The summed E-state index contributed by atoms with van der Waals surface area (Å²) in [6.45, 7) is 6.94. The Balaban J connectivity index is 1.95. The van der Waals surface area contributed by atoms with Gasteiger partial charge in [-0.25, -0.2) is 0 Å². The maximum absolute atomic E-state index is 10.5. The molecular formula is C17H24O2. The number of ether oxygens (including phenoxy) is 1. The van der Waals surface area contributed by atoms with Crippen LogP contribution in [0.15, 0.2) is 24.3 Å². The molecule has 0 radical (unpaired) electrons. The number of hydrogen-bond donors (Lipinski definition) is 1. The predicted molar refractivity (Wildman–Crippen MR) is 76.2 cm³/mol. The van der Waals surface area contributed by atoms with Gasteiger partial charge in [0.2, 0.25) is 0 Å². The van der Waals surface area contributed by atoms with E-state index in [1.165, 1.54) is 6.42 Å². The molecule has 1 fully saturated rings. The third-order valence-corrected chi connectivity index (χ3v) is 4.59. The second kappa shape index (κ2) is 4.24. The predicted octanol–water partition coefficient (Wildman–Crippen LogP) is 4.09. The van der Waals surface area contributed by atoms with Crippen molar-refractivity contribution >= 4 is 0 Å². The van der Waals surface area contributed by atoms with Gasteiger partial charge in [-0.1, -0.05) is 39.0 Å². The van der Waals surface area contributed by atoms with Crippen molar-refractivity contribution in [3.63, 3.8) is 0 Å². The maximum Gasteiger partial charge on any atom is 0.125 e. The molecule has 2 aliphatic rings. The minimum atomic E-state index is -0.383. The van der Waals surface area contributed by atoms with Crippen LogP contribution in [0, 0.1) is 11.3 Å². The van der Waals surface area contributed by atoms with Crippen molar-refractivity contribution in [3.8, 4) is 5.75 Å². The molecule has 2 heteroatoms. The van der Waals surface area contributed by atoms with Gasteiger partial charge in [-0.15, -0.1) is 0 Å². The highest BCUT2D eigenvalue weighted by Gasteiger charge is 2.48. The van der Waals surface area contributed by atoms with Gasteiger partial charge in [-0.05, 0) is 36.7 Å². The van der Waals surface area contributed by atoms with Gasteiger partial charge in [-0.3, -0.25) is 0 Å². The molecule has 2 nitrogen and oxygen atoms in total. The van der Waals surface area contributed by atoms with Crippen molar-refractivity contribution < 1.29 is 9.84 Å². The van der Waals surface area contributed by atoms with Crippen molar-refractivity contribution in [2.24, 2.45) is 11.3 Å². The van der Waals surface area contributed by atoms with Crippen LogP contribution in [0.3, 0.4) is 0 Å². The first-order chi connectivity index (χ1) is 8.89. The second-order valence-electron chi connectivity index (χ2n) is 7.40. The minimum Gasteiger partial charge on any atom is -0.487 e. The van der Waals surface area contributed by atoms with Crippen LogP contribution in [0.25, 0.3) is 0 Å². The summed E-state index contributed by atoms with van der Waals surface area (Å²) in [6, 6.07) is 7.93. The number of fused-ring (bicyclic) bond motifs is 1. The number of aliphatic hydroxyl groups excluding tert-OH is 1. The fourth-order valence-electron chi connectivity index (χ4n) is 4.49. The fraction of sp³-hybridized carbons (Fsp3) is 0.647. The van der Waals surface area contributed by atoms with Crippen molar-refractivity contribution in [1.29, 1.82) is 0 Å². The van der Waals surface area contributed by atoms with E-state index in [0.717, 1.165) is 30.6 Å². The van der Waals surface area contributed by atoms with Crippen LogP contribution in [-0.2, 0) is 0 Å². The zero-order chi connectivity index (χ0) is 13.7. The second-order valence-corrected chi connectivity index (χ2v) is 7.40. The molecule has 1 heterocycles. The number of aliphatic hydroxyl groups is 1. The normalized spacial score (nSPS) is 36.6. The number of hydrogen-bond acceptors (Lipinski definition) is 2. The molecule has 2 unspecified atom stereocenters. The lowest BCUT2D eigenvalue weighted by molar-refractivity contribution is -0.0822. The van der Waals surface area contributed by atoms with Crippen molar-refractivity contribution in [1.82, 2.24) is 0 Å². The number of para-hydroxylation sites is 1. The topological polar surface area (TPSA) is 29.5 Å². The van der Waals surface area contributed by atoms with Gasteiger partial charge in [0.15, 0.2) is 0 Å². The van der Waals surface area contributed by atoms with Crippen molar-refractivity contribution in [2.45, 2.75) is 58.2 Å². The van der Waals surface area contributed by atoms with E-state index in [2.05, 4.69) is 20.8 Å². The molecule has 0 saturated heterocycles. The average Bonchev–Trinajstić information content (AvgIpc) is 2.25. The van der Waals surface area contributed by atoms with E-state index in [1.807, 2.05) is 24.3 Å². The van der Waals surface area contributed by atoms with Crippen molar-refractivity contribution in [3.05, 3.63) is 29.8 Å². The Bertz CT molecular complexity index is 480. The summed E-state index contributed by atoms with van der Waals surface area (Å²) in [5.41, 5.74) is 1.07. The largest absolute Gasteiger partial charge is 0.487 e. The van der Waals surface area contributed by atoms with Crippen LogP contribution in [-0.4, -0.2) is 10.7 Å². The Morgan fingerprint density at radius 1 is 1.16 bits per heavy atom. The Morgan fingerprint density at radius 2 is 1.89 bits per heavy atom. The van der Waals surface area contributed by atoms with Gasteiger partial charge in [0, 0.05) is 12.0 Å². The lowest BCUT2D eigenvalue weighted by Crippen LogP contribution is -2.49. The summed E-state index contributed by atoms with van der Waals surface area (Å²) in [5.74, 6) is 1.53. The van der Waals surface area contributed by atoms with Gasteiger partial charge in [0.05, 0.1) is 6.10 Å². The third-order valence-electron chi connectivity index (χ3n) is 4.59. The molecular weight excluding hydrogens is 236 g/mol. The van der Waals surface area contributed by atoms with Crippen LogP contribution in [0.1, 0.15) is 58.1 Å². The molecule has 1 aliphatic heterocycles. The summed E-state index contributed by atoms with van der Waals surface area (Å²) in [6.07, 6.45) is 3.69. The Labute approximate surface area is 115 Å². The SMILES string of the molecule is CC1CC(C)(C)CC2(C1)C[C@H](O)c1ccccc1O2. The Morgan fingerprint density at radius 3 is 2.63 bits per heavy atom. The van der Waals surface area contributed by atoms with E-state index in [0.29, 0.717) is 11.3 Å². The summed E-state index contributed by atoms with van der Waals surface area (Å²) in [7, 11) is 0. The Kier molecular flexibility index (Phi) is 2.90. The van der Waals surface area contributed by atoms with Crippen LogP contribution < -0.4 is 4.74 Å². The molecule has 1 saturated carbocycles. The van der Waals surface area contributed by atoms with Gasteiger partial charge >= 0.3 is 0 Å². The van der Waals surface area contributed by atoms with Crippen LogP contribution in [0.5, 0.6) is 5.75 Å². The van der Waals surface area contributed by atoms with Crippen molar-refractivity contribution in [2.75, 3.05) is 0 Å². The fourth-order valence-corrected chi connectivity index (χ4v) is 4.49. The summed E-state index contributed by atoms with van der Waals surface area (Å²) >= 11 is 0. The molecule has 0 amide bonds. The zero-order valence-electron chi connectivity index (χ0n) is 12.1. The quantitative estimate of drug-likeness (QED) is 0.761. The Hall–Kier alpha value is -1.02. The van der Waals surface area contributed by atoms with Gasteiger partial charge < -0.3 is 9.84 Å². The van der Waals surface area contributed by atoms with E-state index >= 15 is 0 Å². The molecule has 0 aromatic heterocycles. The van der Waals surface area contributed by atoms with Crippen LogP contribution >= 0.6 is 0 Å². The highest BCUT2D eigenvalue weighted by Crippen LogP contribution is 2.52. The molecule has 104 valence electrons. The molecule has 3 rings (SSSR count). The number of rotatable bonds is 0. The summed E-state index contributed by atoms with van der Waals surface area (Å²) in [5, 5.41) is 10.5. The molecule has 3 atom stereocenters. The zero-order valence-corrected chi connectivity index (χ0v) is 12.1. The summed E-state index contributed by atoms with van der Waals surface area (Å²) in [4.78, 5) is 0. The van der Waals surface area contributed by atoms with Gasteiger partial charge in [0.25, 0.3) is 0 Å². The first kappa shape index (κ1) is 13.0. The molecule has 19 heavy (non-hydrogen) atoms. The monoisotopic (exact) mass is 260 g/mol. The van der Waals surface area contributed by atoms with E-state index in [1.54, 1.807) is 0 Å². The maximum atomic E-state index is 10.5. The molecule has 0 bridgehead atoms. The minimum absolute atomic E-state index is 0.172. The highest BCUT2D eigenvalue weighted by molar-refractivity contribution is 5.38. The van der Waals surface area contributed by atoms with E-state index in [4.69, 9.17) is 4.74 Å². The smallest absolute Gasteiger partial charge is 0.125 e.